The maximum absolute atomic E-state index is 11.6. The van der Waals surface area contributed by atoms with E-state index in [2.05, 4.69) is 21.3 Å². The van der Waals surface area contributed by atoms with Crippen LogP contribution in [0.3, 0.4) is 0 Å². The lowest BCUT2D eigenvalue weighted by Crippen LogP contribution is -2.49. The van der Waals surface area contributed by atoms with Gasteiger partial charge in [0.15, 0.2) is 0 Å². The van der Waals surface area contributed by atoms with Gasteiger partial charge in [0.25, 0.3) is 0 Å². The van der Waals surface area contributed by atoms with Gasteiger partial charge in [-0.05, 0) is 12.8 Å². The van der Waals surface area contributed by atoms with E-state index in [1.807, 2.05) is 6.92 Å². The van der Waals surface area contributed by atoms with Crippen LogP contribution in [0.2, 0.25) is 0 Å². The van der Waals surface area contributed by atoms with Gasteiger partial charge in [-0.15, -0.1) is 12.3 Å². The molecule has 0 aliphatic rings. The van der Waals surface area contributed by atoms with E-state index in [4.69, 9.17) is 11.5 Å². The van der Waals surface area contributed by atoms with Crippen molar-refractivity contribution >= 4 is 18.0 Å². The van der Waals surface area contributed by atoms with Crippen LogP contribution in [0.1, 0.15) is 32.6 Å². The molecule has 0 aromatic carbocycles. The summed E-state index contributed by atoms with van der Waals surface area (Å²) in [6.07, 6.45) is 6.03. The molecule has 7 nitrogen and oxygen atoms in total. The van der Waals surface area contributed by atoms with Crippen molar-refractivity contribution in [3.63, 3.8) is 0 Å². The first-order valence-electron chi connectivity index (χ1n) is 6.24. The molecule has 3 N–H and O–H groups in total. The molecule has 0 radical (unpaired) electrons. The zero-order valence-corrected chi connectivity index (χ0v) is 11.6. The van der Waals surface area contributed by atoms with Crippen LogP contribution < -0.4 is 10.6 Å². The predicted molar refractivity (Wildman–Crippen MR) is 71.9 cm³/mol. The minimum atomic E-state index is -1.21. The molecule has 0 saturated carbocycles. The normalized spacial score (nSPS) is 12.7. The first-order valence-corrected chi connectivity index (χ1v) is 6.24. The van der Waals surface area contributed by atoms with E-state index < -0.39 is 24.0 Å². The van der Waals surface area contributed by atoms with Gasteiger partial charge in [0, 0.05) is 18.9 Å². The number of rotatable bonds is 8. The Kier molecular flexibility index (Phi) is 8.59. The number of ether oxygens (including phenoxy) is 1. The lowest BCUT2D eigenvalue weighted by molar-refractivity contribution is -0.142. The number of carboxylic acids is 1. The summed E-state index contributed by atoms with van der Waals surface area (Å²) < 4.78 is 4.42. The van der Waals surface area contributed by atoms with Gasteiger partial charge in [0.1, 0.15) is 6.04 Å². The summed E-state index contributed by atoms with van der Waals surface area (Å²) in [6.45, 7) is 1.86. The minimum Gasteiger partial charge on any atom is -0.480 e. The van der Waals surface area contributed by atoms with Crippen molar-refractivity contribution in [3.8, 4) is 12.3 Å². The number of urea groups is 1. The lowest BCUT2D eigenvalue weighted by Gasteiger charge is -2.18. The summed E-state index contributed by atoms with van der Waals surface area (Å²) in [4.78, 5) is 33.6. The van der Waals surface area contributed by atoms with E-state index in [1.165, 1.54) is 7.11 Å². The molecule has 0 heterocycles. The van der Waals surface area contributed by atoms with Crippen LogP contribution in [0.5, 0.6) is 0 Å². The predicted octanol–water partition coefficient (Wildman–Crippen LogP) is 0.494. The molecule has 7 heteroatoms. The zero-order valence-electron chi connectivity index (χ0n) is 11.6. The van der Waals surface area contributed by atoms with Crippen LogP contribution in [0.15, 0.2) is 0 Å². The van der Waals surface area contributed by atoms with Crippen molar-refractivity contribution in [2.75, 3.05) is 7.11 Å². The Morgan fingerprint density at radius 1 is 1.35 bits per heavy atom. The second kappa shape index (κ2) is 9.67. The highest BCUT2D eigenvalue weighted by Crippen LogP contribution is 2.01. The Bertz CT molecular complexity index is 389. The fraction of sp³-hybridized carbons (Fsp3) is 0.615. The van der Waals surface area contributed by atoms with Crippen molar-refractivity contribution in [2.45, 2.75) is 44.7 Å². The second-order valence-corrected chi connectivity index (χ2v) is 4.14. The van der Waals surface area contributed by atoms with E-state index in [1.54, 1.807) is 0 Å². The molecule has 0 aliphatic carbocycles. The molecule has 2 amide bonds. The average Bonchev–Trinajstić information content (AvgIpc) is 2.41. The van der Waals surface area contributed by atoms with Gasteiger partial charge in [-0.2, -0.15) is 0 Å². The fourth-order valence-electron chi connectivity index (χ4n) is 1.45. The molecular weight excluding hydrogens is 264 g/mol. The first-order chi connectivity index (χ1) is 9.44. The van der Waals surface area contributed by atoms with E-state index in [0.29, 0.717) is 12.8 Å². The maximum atomic E-state index is 11.6. The number of nitrogens with one attached hydrogen (secondary N) is 2. The largest absolute Gasteiger partial charge is 0.480 e. The fourth-order valence-corrected chi connectivity index (χ4v) is 1.45. The van der Waals surface area contributed by atoms with Crippen molar-refractivity contribution in [3.05, 3.63) is 0 Å². The SMILES string of the molecule is C#CCC(CC)NC(=O)N[C@H](CCC(=O)OC)C(=O)O. The molecule has 1 unspecified atom stereocenters. The third-order valence-corrected chi connectivity index (χ3v) is 2.66. The Morgan fingerprint density at radius 3 is 2.45 bits per heavy atom. The Balaban J connectivity index is 4.37. The molecular formula is C13H20N2O5. The summed E-state index contributed by atoms with van der Waals surface area (Å²) in [5, 5.41) is 13.9. The van der Waals surface area contributed by atoms with E-state index >= 15 is 0 Å². The average molecular weight is 284 g/mol. The number of esters is 1. The van der Waals surface area contributed by atoms with Crippen molar-refractivity contribution in [2.24, 2.45) is 0 Å². The highest BCUT2D eigenvalue weighted by molar-refractivity contribution is 5.83. The number of methoxy groups -OCH3 is 1. The summed E-state index contributed by atoms with van der Waals surface area (Å²) in [6, 6.07) is -1.99. The Morgan fingerprint density at radius 2 is 2.00 bits per heavy atom. The van der Waals surface area contributed by atoms with Crippen LogP contribution in [0.25, 0.3) is 0 Å². The van der Waals surface area contributed by atoms with Crippen LogP contribution in [0.4, 0.5) is 4.79 Å². The quantitative estimate of drug-likeness (QED) is 0.444. The van der Waals surface area contributed by atoms with Crippen LogP contribution in [0, 0.1) is 12.3 Å². The van der Waals surface area contributed by atoms with Crippen molar-refractivity contribution in [1.82, 2.24) is 10.6 Å². The van der Waals surface area contributed by atoms with Gasteiger partial charge >= 0.3 is 18.0 Å². The molecule has 0 bridgehead atoms. The summed E-state index contributed by atoms with van der Waals surface area (Å²) in [7, 11) is 1.21. The molecule has 0 saturated heterocycles. The van der Waals surface area contributed by atoms with Gasteiger partial charge in [-0.25, -0.2) is 9.59 Å². The van der Waals surface area contributed by atoms with Gasteiger partial charge in [0.05, 0.1) is 7.11 Å². The molecule has 0 spiro atoms. The zero-order chi connectivity index (χ0) is 15.5. The molecule has 112 valence electrons. The lowest BCUT2D eigenvalue weighted by atomic mass is 10.1. The van der Waals surface area contributed by atoms with Gasteiger partial charge in [0.2, 0.25) is 0 Å². The smallest absolute Gasteiger partial charge is 0.326 e. The third kappa shape index (κ3) is 7.26. The number of aliphatic carboxylic acids is 1. The van der Waals surface area contributed by atoms with E-state index in [0.717, 1.165) is 0 Å². The van der Waals surface area contributed by atoms with Crippen LogP contribution >= 0.6 is 0 Å². The van der Waals surface area contributed by atoms with Gasteiger partial charge in [-0.3, -0.25) is 4.79 Å². The number of hydrogen-bond donors (Lipinski definition) is 3. The summed E-state index contributed by atoms with van der Waals surface area (Å²) in [5.41, 5.74) is 0. The topological polar surface area (TPSA) is 105 Å². The molecule has 0 fully saturated rings. The third-order valence-electron chi connectivity index (χ3n) is 2.66. The van der Waals surface area contributed by atoms with E-state index in [9.17, 15) is 14.4 Å². The highest BCUT2D eigenvalue weighted by Gasteiger charge is 2.22. The number of hydrogen-bond acceptors (Lipinski definition) is 4. The summed E-state index contributed by atoms with van der Waals surface area (Å²) >= 11 is 0. The first kappa shape index (κ1) is 17.8. The number of carbonyl (C=O) groups excluding carboxylic acids is 2. The van der Waals surface area contributed by atoms with E-state index in [-0.39, 0.29) is 18.9 Å². The Labute approximate surface area is 118 Å². The number of amides is 2. The second-order valence-electron chi connectivity index (χ2n) is 4.14. The van der Waals surface area contributed by atoms with Crippen LogP contribution in [-0.2, 0) is 14.3 Å². The van der Waals surface area contributed by atoms with Crippen molar-refractivity contribution < 1.29 is 24.2 Å². The molecule has 20 heavy (non-hydrogen) atoms. The molecule has 0 aromatic rings. The summed E-state index contributed by atoms with van der Waals surface area (Å²) in [5.74, 6) is 0.684. The number of terminal acetylenes is 1. The monoisotopic (exact) mass is 284 g/mol. The van der Waals surface area contributed by atoms with Gasteiger partial charge < -0.3 is 20.5 Å². The molecule has 0 rings (SSSR count). The molecule has 0 aliphatic heterocycles. The van der Waals surface area contributed by atoms with Gasteiger partial charge in [-0.1, -0.05) is 6.92 Å². The standard InChI is InChI=1S/C13H20N2O5/c1-4-6-9(5-2)14-13(19)15-10(12(17)18)7-8-11(16)20-3/h1,9-10H,5-8H2,2-3H3,(H,17,18)(H2,14,15,19)/t9?,10-/m1/s1. The highest BCUT2D eigenvalue weighted by atomic mass is 16.5. The van der Waals surface area contributed by atoms with Crippen molar-refractivity contribution in [1.29, 1.82) is 0 Å². The number of carbonyl (C=O) groups is 3. The molecule has 0 aromatic heterocycles. The number of carboxylic acid groups (broad SMARTS) is 1. The molecule has 2 atom stereocenters. The Hall–Kier alpha value is -2.23. The van der Waals surface area contributed by atoms with Crippen LogP contribution in [-0.4, -0.2) is 42.3 Å². The maximum Gasteiger partial charge on any atom is 0.326 e. The minimum absolute atomic E-state index is 0.0403.